The van der Waals surface area contributed by atoms with Gasteiger partial charge in [0.15, 0.2) is 23.0 Å². The summed E-state index contributed by atoms with van der Waals surface area (Å²) in [5, 5.41) is 4.94. The lowest BCUT2D eigenvalue weighted by molar-refractivity contribution is 0.355. The van der Waals surface area contributed by atoms with Gasteiger partial charge in [0, 0.05) is 15.2 Å². The van der Waals surface area contributed by atoms with Gasteiger partial charge in [0.1, 0.15) is 0 Å². The smallest absolute Gasteiger partial charge is 0.161 e. The van der Waals surface area contributed by atoms with Gasteiger partial charge in [0.2, 0.25) is 0 Å². The maximum absolute atomic E-state index is 5.49. The molecule has 0 unspecified atom stereocenters. The highest BCUT2D eigenvalue weighted by molar-refractivity contribution is 9.11. The van der Waals surface area contributed by atoms with Crippen LogP contribution in [0.1, 0.15) is 5.56 Å². The van der Waals surface area contributed by atoms with Gasteiger partial charge in [0.25, 0.3) is 0 Å². The third-order valence-electron chi connectivity index (χ3n) is 4.30. The van der Waals surface area contributed by atoms with Crippen LogP contribution in [0.3, 0.4) is 0 Å². The fraction of sp³-hybridized carbons (Fsp3) is 0.263. The topological polar surface area (TPSA) is 36.9 Å². The summed E-state index contributed by atoms with van der Waals surface area (Å²) in [6.45, 7) is 0. The van der Waals surface area contributed by atoms with Crippen molar-refractivity contribution in [1.82, 2.24) is 0 Å². The van der Waals surface area contributed by atoms with E-state index in [4.69, 9.17) is 18.9 Å². The summed E-state index contributed by atoms with van der Waals surface area (Å²) >= 11 is 7.36. The Hall–Kier alpha value is -1.66. The molecule has 4 nitrogen and oxygen atoms in total. The van der Waals surface area contributed by atoms with E-state index in [2.05, 4.69) is 31.9 Å². The molecule has 0 aromatic heterocycles. The molecule has 0 fully saturated rings. The van der Waals surface area contributed by atoms with E-state index < -0.39 is 0 Å². The fourth-order valence-corrected chi connectivity index (χ4v) is 4.69. The molecule has 0 amide bonds. The molecule has 0 aliphatic rings. The van der Waals surface area contributed by atoms with E-state index in [1.165, 1.54) is 0 Å². The highest BCUT2D eigenvalue weighted by Gasteiger charge is 2.18. The molecule has 0 spiro atoms. The summed E-state index contributed by atoms with van der Waals surface area (Å²) in [5.41, 5.74) is 1.13. The predicted octanol–water partition coefficient (Wildman–Crippen LogP) is 5.68. The third kappa shape index (κ3) is 2.91. The molecule has 0 bridgehead atoms. The Morgan fingerprint density at radius 3 is 1.40 bits per heavy atom. The van der Waals surface area contributed by atoms with Crippen LogP contribution in [0.15, 0.2) is 28.7 Å². The van der Waals surface area contributed by atoms with Gasteiger partial charge in [-0.15, -0.1) is 0 Å². The molecular formula is C19H18Br2O4. The maximum Gasteiger partial charge on any atom is 0.161 e. The minimum Gasteiger partial charge on any atom is -0.493 e. The van der Waals surface area contributed by atoms with Gasteiger partial charge in [-0.1, -0.05) is 15.9 Å². The minimum atomic E-state index is 0.685. The quantitative estimate of drug-likeness (QED) is 0.355. The monoisotopic (exact) mass is 468 g/mol. The van der Waals surface area contributed by atoms with Crippen molar-refractivity contribution < 1.29 is 18.9 Å². The van der Waals surface area contributed by atoms with Gasteiger partial charge in [-0.3, -0.25) is 0 Å². The van der Waals surface area contributed by atoms with Crippen LogP contribution in [0.5, 0.6) is 23.0 Å². The first-order valence-corrected chi connectivity index (χ1v) is 9.48. The Labute approximate surface area is 163 Å². The highest BCUT2D eigenvalue weighted by atomic mass is 79.9. The second-order valence-corrected chi connectivity index (χ2v) is 6.79. The van der Waals surface area contributed by atoms with E-state index in [1.54, 1.807) is 28.4 Å². The van der Waals surface area contributed by atoms with E-state index in [0.29, 0.717) is 28.3 Å². The Balaban J connectivity index is 2.54. The minimum absolute atomic E-state index is 0.685. The van der Waals surface area contributed by atoms with Crippen molar-refractivity contribution in [1.29, 1.82) is 0 Å². The molecular weight excluding hydrogens is 452 g/mol. The van der Waals surface area contributed by atoms with E-state index >= 15 is 0 Å². The average Bonchev–Trinajstić information content (AvgIpc) is 2.66. The van der Waals surface area contributed by atoms with Crippen molar-refractivity contribution in [2.45, 2.75) is 5.33 Å². The Kier molecular flexibility index (Phi) is 5.29. The summed E-state index contributed by atoms with van der Waals surface area (Å²) < 4.78 is 22.9. The van der Waals surface area contributed by atoms with Crippen LogP contribution in [0.2, 0.25) is 0 Å². The maximum atomic E-state index is 5.49. The summed E-state index contributed by atoms with van der Waals surface area (Å²) in [5.74, 6) is 2.76. The number of ether oxygens (including phenoxy) is 4. The number of alkyl halides is 1. The molecule has 132 valence electrons. The van der Waals surface area contributed by atoms with Crippen molar-refractivity contribution >= 4 is 53.4 Å². The second-order valence-electron chi connectivity index (χ2n) is 5.43. The van der Waals surface area contributed by atoms with Gasteiger partial charge in [-0.2, -0.15) is 0 Å². The van der Waals surface area contributed by atoms with E-state index in [-0.39, 0.29) is 0 Å². The lowest BCUT2D eigenvalue weighted by Gasteiger charge is -2.17. The lowest BCUT2D eigenvalue weighted by Crippen LogP contribution is -1.96. The number of rotatable bonds is 5. The molecule has 0 aliphatic heterocycles. The molecule has 3 aromatic carbocycles. The highest BCUT2D eigenvalue weighted by Crippen LogP contribution is 2.45. The van der Waals surface area contributed by atoms with Crippen LogP contribution in [0, 0.1) is 0 Å². The van der Waals surface area contributed by atoms with E-state index in [9.17, 15) is 0 Å². The zero-order chi connectivity index (χ0) is 18.1. The number of hydrogen-bond acceptors (Lipinski definition) is 4. The lowest BCUT2D eigenvalue weighted by atomic mass is 9.96. The van der Waals surface area contributed by atoms with Gasteiger partial charge in [0.05, 0.1) is 28.4 Å². The van der Waals surface area contributed by atoms with Crippen LogP contribution >= 0.6 is 31.9 Å². The van der Waals surface area contributed by atoms with Gasteiger partial charge >= 0.3 is 0 Å². The zero-order valence-corrected chi connectivity index (χ0v) is 17.6. The van der Waals surface area contributed by atoms with Crippen molar-refractivity contribution in [2.24, 2.45) is 0 Å². The zero-order valence-electron chi connectivity index (χ0n) is 14.4. The molecule has 0 radical (unpaired) electrons. The van der Waals surface area contributed by atoms with Gasteiger partial charge < -0.3 is 18.9 Å². The first-order valence-electron chi connectivity index (χ1n) is 7.57. The fourth-order valence-electron chi connectivity index (χ4n) is 3.05. The first-order chi connectivity index (χ1) is 12.1. The molecule has 25 heavy (non-hydrogen) atoms. The van der Waals surface area contributed by atoms with Crippen LogP contribution in [0.4, 0.5) is 0 Å². The van der Waals surface area contributed by atoms with Crippen LogP contribution < -0.4 is 18.9 Å². The summed E-state index contributed by atoms with van der Waals surface area (Å²) in [6.07, 6.45) is 0. The Bertz CT molecular complexity index is 954. The normalized spacial score (nSPS) is 11.0. The van der Waals surface area contributed by atoms with E-state index in [0.717, 1.165) is 31.6 Å². The van der Waals surface area contributed by atoms with E-state index in [1.807, 2.05) is 24.3 Å². The molecule has 0 atom stereocenters. The average molecular weight is 470 g/mol. The molecule has 3 aromatic rings. The van der Waals surface area contributed by atoms with Crippen LogP contribution in [-0.2, 0) is 5.33 Å². The molecule has 6 heteroatoms. The van der Waals surface area contributed by atoms with Crippen molar-refractivity contribution in [3.05, 3.63) is 34.3 Å². The van der Waals surface area contributed by atoms with Crippen molar-refractivity contribution in [2.75, 3.05) is 28.4 Å². The molecule has 3 rings (SSSR count). The molecule has 0 saturated heterocycles. The molecule has 0 saturated carbocycles. The van der Waals surface area contributed by atoms with Crippen LogP contribution in [0.25, 0.3) is 21.5 Å². The summed E-state index contributed by atoms with van der Waals surface area (Å²) in [7, 11) is 6.55. The molecule has 0 aliphatic carbocycles. The van der Waals surface area contributed by atoms with Crippen LogP contribution in [-0.4, -0.2) is 28.4 Å². The van der Waals surface area contributed by atoms with Crippen molar-refractivity contribution in [3.8, 4) is 23.0 Å². The largest absolute Gasteiger partial charge is 0.493 e. The number of hydrogen-bond donors (Lipinski definition) is 0. The van der Waals surface area contributed by atoms with Crippen molar-refractivity contribution in [3.63, 3.8) is 0 Å². The number of fused-ring (bicyclic) bond motifs is 3. The standard InChI is InChI=1S/C19H18Br2O4/c1-22-15-5-10-11-6-16(23-2)18(25-4)8-13(11)19(21)14(9-20)12(10)7-17(15)24-3/h5-8H,9H2,1-4H3. The summed E-state index contributed by atoms with van der Waals surface area (Å²) in [6, 6.07) is 7.98. The molecule has 0 N–H and O–H groups in total. The first kappa shape index (κ1) is 18.1. The number of benzene rings is 3. The predicted molar refractivity (Wildman–Crippen MR) is 108 cm³/mol. The van der Waals surface area contributed by atoms with Gasteiger partial charge in [-0.25, -0.2) is 0 Å². The number of methoxy groups -OCH3 is 4. The SMILES string of the molecule is COc1cc2c(Br)c(CBr)c3cc(OC)c(OC)cc3c2cc1OC. The number of halogens is 2. The third-order valence-corrected chi connectivity index (χ3v) is 5.76. The molecule has 0 heterocycles. The second kappa shape index (κ2) is 7.30. The summed E-state index contributed by atoms with van der Waals surface area (Å²) in [4.78, 5) is 0. The van der Waals surface area contributed by atoms with Gasteiger partial charge in [-0.05, 0) is 61.9 Å². The Morgan fingerprint density at radius 1 is 0.640 bits per heavy atom. The Morgan fingerprint density at radius 2 is 1.00 bits per heavy atom.